The first kappa shape index (κ1) is 19.9. The van der Waals surface area contributed by atoms with Gasteiger partial charge >= 0.3 is 0 Å². The average Bonchev–Trinajstić information content (AvgIpc) is 3.01. The van der Waals surface area contributed by atoms with Gasteiger partial charge in [0.2, 0.25) is 0 Å². The SMILES string of the molecule is CCNC(=NCc1csc(C(C)C)n1)NCCCOCCOC. The number of methoxy groups -OCH3 is 1. The van der Waals surface area contributed by atoms with Crippen molar-refractivity contribution >= 4 is 17.3 Å². The summed E-state index contributed by atoms with van der Waals surface area (Å²) >= 11 is 1.71. The van der Waals surface area contributed by atoms with Crippen molar-refractivity contribution in [3.8, 4) is 0 Å². The molecule has 1 aromatic rings. The molecule has 6 nitrogen and oxygen atoms in total. The van der Waals surface area contributed by atoms with Crippen molar-refractivity contribution < 1.29 is 9.47 Å². The van der Waals surface area contributed by atoms with Crippen LogP contribution < -0.4 is 10.6 Å². The quantitative estimate of drug-likeness (QED) is 0.367. The lowest BCUT2D eigenvalue weighted by molar-refractivity contribution is 0.0698. The summed E-state index contributed by atoms with van der Waals surface area (Å²) in [7, 11) is 1.68. The number of guanidine groups is 1. The Hall–Kier alpha value is -1.18. The molecule has 0 amide bonds. The van der Waals surface area contributed by atoms with Crippen molar-refractivity contribution in [3.05, 3.63) is 16.1 Å². The lowest BCUT2D eigenvalue weighted by Gasteiger charge is -2.11. The molecular formula is C16H30N4O2S. The highest BCUT2D eigenvalue weighted by Crippen LogP contribution is 2.19. The van der Waals surface area contributed by atoms with E-state index in [2.05, 4.69) is 46.8 Å². The van der Waals surface area contributed by atoms with E-state index in [1.54, 1.807) is 18.4 Å². The molecule has 0 aliphatic carbocycles. The number of nitrogens with one attached hydrogen (secondary N) is 2. The molecule has 0 spiro atoms. The number of thiazole rings is 1. The van der Waals surface area contributed by atoms with Crippen molar-refractivity contribution in [3.63, 3.8) is 0 Å². The number of hydrogen-bond acceptors (Lipinski definition) is 5. The second kappa shape index (κ2) is 12.3. The van der Waals surface area contributed by atoms with Gasteiger partial charge in [-0.25, -0.2) is 9.98 Å². The zero-order chi connectivity index (χ0) is 16.9. The van der Waals surface area contributed by atoms with E-state index in [1.165, 1.54) is 5.01 Å². The van der Waals surface area contributed by atoms with Crippen LogP contribution in [0.15, 0.2) is 10.4 Å². The van der Waals surface area contributed by atoms with E-state index < -0.39 is 0 Å². The van der Waals surface area contributed by atoms with Gasteiger partial charge in [0.1, 0.15) is 0 Å². The Kier molecular flexibility index (Phi) is 10.6. The molecule has 0 bridgehead atoms. The number of hydrogen-bond donors (Lipinski definition) is 2. The fourth-order valence-electron chi connectivity index (χ4n) is 1.79. The summed E-state index contributed by atoms with van der Waals surface area (Å²) in [5.74, 6) is 1.30. The monoisotopic (exact) mass is 342 g/mol. The summed E-state index contributed by atoms with van der Waals surface area (Å²) in [4.78, 5) is 9.19. The van der Waals surface area contributed by atoms with Gasteiger partial charge in [-0.3, -0.25) is 0 Å². The first-order valence-corrected chi connectivity index (χ1v) is 9.08. The summed E-state index contributed by atoms with van der Waals surface area (Å²) < 4.78 is 10.4. The van der Waals surface area contributed by atoms with E-state index in [9.17, 15) is 0 Å². The molecule has 0 fully saturated rings. The molecular weight excluding hydrogens is 312 g/mol. The Balaban J connectivity index is 2.31. The molecule has 0 saturated carbocycles. The number of aromatic nitrogens is 1. The molecule has 1 aromatic heterocycles. The van der Waals surface area contributed by atoms with E-state index in [0.717, 1.165) is 37.8 Å². The highest BCUT2D eigenvalue weighted by molar-refractivity contribution is 7.09. The van der Waals surface area contributed by atoms with Crippen LogP contribution in [0.5, 0.6) is 0 Å². The summed E-state index contributed by atoms with van der Waals surface area (Å²) in [5, 5.41) is 9.82. The largest absolute Gasteiger partial charge is 0.382 e. The molecule has 7 heteroatoms. The molecule has 0 saturated heterocycles. The second-order valence-corrected chi connectivity index (χ2v) is 6.30. The molecule has 0 atom stereocenters. The van der Waals surface area contributed by atoms with Gasteiger partial charge in [-0.15, -0.1) is 11.3 Å². The Morgan fingerprint density at radius 3 is 2.78 bits per heavy atom. The minimum atomic E-state index is 0.474. The van der Waals surface area contributed by atoms with Crippen molar-refractivity contribution in [1.29, 1.82) is 0 Å². The van der Waals surface area contributed by atoms with Crippen molar-refractivity contribution in [2.24, 2.45) is 4.99 Å². The first-order valence-electron chi connectivity index (χ1n) is 8.20. The molecule has 0 aromatic carbocycles. The Morgan fingerprint density at radius 1 is 1.30 bits per heavy atom. The van der Waals surface area contributed by atoms with Crippen LogP contribution in [0.1, 0.15) is 43.8 Å². The zero-order valence-corrected chi connectivity index (χ0v) is 15.5. The fourth-order valence-corrected chi connectivity index (χ4v) is 2.61. The molecule has 0 radical (unpaired) electrons. The highest BCUT2D eigenvalue weighted by atomic mass is 32.1. The predicted molar refractivity (Wildman–Crippen MR) is 96.3 cm³/mol. The van der Waals surface area contributed by atoms with Gasteiger partial charge in [-0.1, -0.05) is 13.8 Å². The van der Waals surface area contributed by atoms with E-state index in [1.807, 2.05) is 0 Å². The van der Waals surface area contributed by atoms with Crippen LogP contribution in [0, 0.1) is 0 Å². The van der Waals surface area contributed by atoms with Gasteiger partial charge in [-0.2, -0.15) is 0 Å². The van der Waals surface area contributed by atoms with Gasteiger partial charge in [0.05, 0.1) is 30.5 Å². The van der Waals surface area contributed by atoms with Crippen LogP contribution in [0.3, 0.4) is 0 Å². The third-order valence-corrected chi connectivity index (χ3v) is 4.19. The number of ether oxygens (including phenoxy) is 2. The molecule has 0 unspecified atom stereocenters. The van der Waals surface area contributed by atoms with Crippen LogP contribution in [-0.4, -0.2) is 51.0 Å². The Labute approximate surface area is 143 Å². The summed E-state index contributed by atoms with van der Waals surface area (Å²) in [6, 6.07) is 0. The normalized spacial score (nSPS) is 12.0. The highest BCUT2D eigenvalue weighted by Gasteiger charge is 2.05. The maximum atomic E-state index is 5.44. The van der Waals surface area contributed by atoms with E-state index in [4.69, 9.17) is 9.47 Å². The maximum Gasteiger partial charge on any atom is 0.191 e. The molecule has 132 valence electrons. The third-order valence-electron chi connectivity index (χ3n) is 3.00. The Bertz CT molecular complexity index is 449. The second-order valence-electron chi connectivity index (χ2n) is 5.41. The number of nitrogens with zero attached hydrogens (tertiary/aromatic N) is 2. The molecule has 1 heterocycles. The van der Waals surface area contributed by atoms with Crippen LogP contribution in [0.4, 0.5) is 0 Å². The molecule has 0 aliphatic heterocycles. The van der Waals surface area contributed by atoms with Crippen LogP contribution in [0.25, 0.3) is 0 Å². The van der Waals surface area contributed by atoms with Crippen LogP contribution >= 0.6 is 11.3 Å². The molecule has 1 rings (SSSR count). The lowest BCUT2D eigenvalue weighted by atomic mass is 10.2. The zero-order valence-electron chi connectivity index (χ0n) is 14.7. The average molecular weight is 343 g/mol. The summed E-state index contributed by atoms with van der Waals surface area (Å²) in [6.45, 7) is 10.7. The topological polar surface area (TPSA) is 67.8 Å². The van der Waals surface area contributed by atoms with Gasteiger partial charge in [0, 0.05) is 38.1 Å². The smallest absolute Gasteiger partial charge is 0.191 e. The molecule has 23 heavy (non-hydrogen) atoms. The lowest BCUT2D eigenvalue weighted by Crippen LogP contribution is -2.38. The fraction of sp³-hybridized carbons (Fsp3) is 0.750. The first-order chi connectivity index (χ1) is 11.2. The third kappa shape index (κ3) is 8.88. The van der Waals surface area contributed by atoms with E-state index in [0.29, 0.717) is 25.7 Å². The van der Waals surface area contributed by atoms with Crippen molar-refractivity contribution in [2.45, 2.75) is 39.7 Å². The van der Waals surface area contributed by atoms with Gasteiger partial charge in [0.25, 0.3) is 0 Å². The summed E-state index contributed by atoms with van der Waals surface area (Å²) in [6.07, 6.45) is 0.933. The van der Waals surface area contributed by atoms with Crippen LogP contribution in [-0.2, 0) is 16.0 Å². The van der Waals surface area contributed by atoms with E-state index >= 15 is 0 Å². The number of aliphatic imine (C=N–C) groups is 1. The predicted octanol–water partition coefficient (Wildman–Crippen LogP) is 2.37. The van der Waals surface area contributed by atoms with Crippen molar-refractivity contribution in [2.75, 3.05) is 40.0 Å². The summed E-state index contributed by atoms with van der Waals surface area (Å²) in [5.41, 5.74) is 1.03. The molecule has 0 aliphatic rings. The maximum absolute atomic E-state index is 5.44. The van der Waals surface area contributed by atoms with Crippen LogP contribution in [0.2, 0.25) is 0 Å². The van der Waals surface area contributed by atoms with E-state index in [-0.39, 0.29) is 0 Å². The van der Waals surface area contributed by atoms with Gasteiger partial charge in [-0.05, 0) is 13.3 Å². The minimum absolute atomic E-state index is 0.474. The van der Waals surface area contributed by atoms with Gasteiger partial charge < -0.3 is 20.1 Å². The van der Waals surface area contributed by atoms with Crippen molar-refractivity contribution in [1.82, 2.24) is 15.6 Å². The Morgan fingerprint density at radius 2 is 2.13 bits per heavy atom. The standard InChI is InChI=1S/C16H30N4O2S/c1-5-17-16(18-7-6-8-22-10-9-21-4)19-11-14-12-23-15(20-14)13(2)3/h12-13H,5-11H2,1-4H3,(H2,17,18,19). The number of rotatable bonds is 11. The molecule has 2 N–H and O–H groups in total. The van der Waals surface area contributed by atoms with Gasteiger partial charge in [0.15, 0.2) is 5.96 Å². The minimum Gasteiger partial charge on any atom is -0.382 e.